The number of rotatable bonds is 5. The van der Waals surface area contributed by atoms with Gasteiger partial charge in [0.2, 0.25) is 0 Å². The van der Waals surface area contributed by atoms with Gasteiger partial charge in [-0.15, -0.1) is 0 Å². The van der Waals surface area contributed by atoms with E-state index in [0.29, 0.717) is 0 Å². The molecule has 0 fully saturated rings. The molecule has 0 aliphatic rings. The van der Waals surface area contributed by atoms with Crippen LogP contribution in [-0.4, -0.2) is 11.3 Å². The molecule has 0 aromatic heterocycles. The lowest BCUT2D eigenvalue weighted by molar-refractivity contribution is 0.117. The molecule has 0 saturated heterocycles. The second-order valence-electron chi connectivity index (χ2n) is 2.96. The van der Waals surface area contributed by atoms with E-state index < -0.39 is 6.23 Å². The Hall–Kier alpha value is -0.0800. The molecular formula is C8H19NO. The number of aliphatic hydroxyl groups is 1. The minimum absolute atomic E-state index is 0.256. The monoisotopic (exact) mass is 145 g/mol. The predicted molar refractivity (Wildman–Crippen MR) is 43.5 cm³/mol. The molecule has 0 aliphatic carbocycles. The highest BCUT2D eigenvalue weighted by atomic mass is 16.3. The lowest BCUT2D eigenvalue weighted by Gasteiger charge is -2.13. The van der Waals surface area contributed by atoms with E-state index in [0.717, 1.165) is 6.42 Å². The SMILES string of the molecule is CCCCCC(C)C(N)O. The van der Waals surface area contributed by atoms with E-state index in [9.17, 15) is 0 Å². The quantitative estimate of drug-likeness (QED) is 0.454. The van der Waals surface area contributed by atoms with Crippen LogP contribution < -0.4 is 5.73 Å². The first-order chi connectivity index (χ1) is 4.68. The van der Waals surface area contributed by atoms with Crippen molar-refractivity contribution in [3.63, 3.8) is 0 Å². The summed E-state index contributed by atoms with van der Waals surface area (Å²) in [6, 6.07) is 0. The lowest BCUT2D eigenvalue weighted by Crippen LogP contribution is -2.27. The van der Waals surface area contributed by atoms with Crippen LogP contribution in [0.25, 0.3) is 0 Å². The number of hydrogen-bond acceptors (Lipinski definition) is 2. The molecule has 0 aliphatic heterocycles. The van der Waals surface area contributed by atoms with Gasteiger partial charge in [0.25, 0.3) is 0 Å². The molecule has 0 aromatic carbocycles. The summed E-state index contributed by atoms with van der Waals surface area (Å²) in [7, 11) is 0. The van der Waals surface area contributed by atoms with Crippen LogP contribution in [0.15, 0.2) is 0 Å². The molecule has 62 valence electrons. The summed E-state index contributed by atoms with van der Waals surface area (Å²) in [4.78, 5) is 0. The van der Waals surface area contributed by atoms with Gasteiger partial charge < -0.3 is 10.8 Å². The summed E-state index contributed by atoms with van der Waals surface area (Å²) >= 11 is 0. The molecule has 0 bridgehead atoms. The molecule has 2 heteroatoms. The number of unbranched alkanes of at least 4 members (excludes halogenated alkanes) is 2. The predicted octanol–water partition coefficient (Wildman–Crippen LogP) is 1.48. The van der Waals surface area contributed by atoms with E-state index in [1.807, 2.05) is 6.92 Å². The average molecular weight is 145 g/mol. The van der Waals surface area contributed by atoms with Crippen LogP contribution in [0.4, 0.5) is 0 Å². The van der Waals surface area contributed by atoms with Crippen molar-refractivity contribution in [1.29, 1.82) is 0 Å². The lowest BCUT2D eigenvalue weighted by atomic mass is 10.0. The Morgan fingerprint density at radius 3 is 2.40 bits per heavy atom. The molecule has 0 aromatic rings. The maximum Gasteiger partial charge on any atom is 0.104 e. The smallest absolute Gasteiger partial charge is 0.104 e. The molecule has 0 heterocycles. The fourth-order valence-corrected chi connectivity index (χ4v) is 0.887. The maximum atomic E-state index is 8.90. The Labute approximate surface area is 63.4 Å². The van der Waals surface area contributed by atoms with E-state index in [1.165, 1.54) is 19.3 Å². The van der Waals surface area contributed by atoms with Crippen molar-refractivity contribution in [3.8, 4) is 0 Å². The van der Waals surface area contributed by atoms with Gasteiger partial charge in [0.15, 0.2) is 0 Å². The summed E-state index contributed by atoms with van der Waals surface area (Å²) in [5.41, 5.74) is 5.27. The largest absolute Gasteiger partial charge is 0.379 e. The highest BCUT2D eigenvalue weighted by molar-refractivity contribution is 4.57. The Bertz CT molecular complexity index is 73.7. The van der Waals surface area contributed by atoms with Gasteiger partial charge in [-0.05, 0) is 12.3 Å². The van der Waals surface area contributed by atoms with Crippen molar-refractivity contribution in [2.75, 3.05) is 0 Å². The molecular weight excluding hydrogens is 126 g/mol. The van der Waals surface area contributed by atoms with Crippen LogP contribution in [0.5, 0.6) is 0 Å². The number of hydrogen-bond donors (Lipinski definition) is 2. The molecule has 2 unspecified atom stereocenters. The topological polar surface area (TPSA) is 46.2 Å². The summed E-state index contributed by atoms with van der Waals surface area (Å²) in [5.74, 6) is 0.256. The van der Waals surface area contributed by atoms with Crippen molar-refractivity contribution in [2.24, 2.45) is 11.7 Å². The van der Waals surface area contributed by atoms with Crippen molar-refractivity contribution >= 4 is 0 Å². The second-order valence-corrected chi connectivity index (χ2v) is 2.96. The minimum Gasteiger partial charge on any atom is -0.379 e. The second kappa shape index (κ2) is 5.69. The third-order valence-electron chi connectivity index (χ3n) is 1.85. The van der Waals surface area contributed by atoms with Crippen LogP contribution in [0, 0.1) is 5.92 Å². The zero-order valence-electron chi connectivity index (χ0n) is 7.01. The van der Waals surface area contributed by atoms with E-state index in [-0.39, 0.29) is 5.92 Å². The summed E-state index contributed by atoms with van der Waals surface area (Å²) in [6.07, 6.45) is 4.08. The third kappa shape index (κ3) is 4.77. The first-order valence-corrected chi connectivity index (χ1v) is 4.12. The molecule has 0 amide bonds. The van der Waals surface area contributed by atoms with Gasteiger partial charge in [0, 0.05) is 0 Å². The van der Waals surface area contributed by atoms with Gasteiger partial charge >= 0.3 is 0 Å². The van der Waals surface area contributed by atoms with E-state index in [1.54, 1.807) is 0 Å². The Kier molecular flexibility index (Phi) is 5.64. The van der Waals surface area contributed by atoms with Gasteiger partial charge in [0.1, 0.15) is 6.23 Å². The number of nitrogens with two attached hydrogens (primary N) is 1. The van der Waals surface area contributed by atoms with Crippen LogP contribution in [0.1, 0.15) is 39.5 Å². The Balaban J connectivity index is 3.13. The number of aliphatic hydroxyl groups excluding tert-OH is 1. The summed E-state index contributed by atoms with van der Waals surface area (Å²) < 4.78 is 0. The average Bonchev–Trinajstić information content (AvgIpc) is 1.88. The molecule has 10 heavy (non-hydrogen) atoms. The molecule has 3 N–H and O–H groups in total. The first-order valence-electron chi connectivity index (χ1n) is 4.12. The van der Waals surface area contributed by atoms with Gasteiger partial charge in [-0.2, -0.15) is 0 Å². The molecule has 2 atom stereocenters. The van der Waals surface area contributed by atoms with Gasteiger partial charge in [-0.25, -0.2) is 0 Å². The van der Waals surface area contributed by atoms with Gasteiger partial charge in [0.05, 0.1) is 0 Å². The van der Waals surface area contributed by atoms with E-state index in [4.69, 9.17) is 10.8 Å². The summed E-state index contributed by atoms with van der Waals surface area (Å²) in [5, 5.41) is 8.90. The van der Waals surface area contributed by atoms with E-state index in [2.05, 4.69) is 6.92 Å². The zero-order chi connectivity index (χ0) is 7.98. The van der Waals surface area contributed by atoms with Gasteiger partial charge in [-0.1, -0.05) is 33.1 Å². The van der Waals surface area contributed by atoms with Crippen molar-refractivity contribution in [2.45, 2.75) is 45.8 Å². The fraction of sp³-hybridized carbons (Fsp3) is 1.00. The molecule has 0 radical (unpaired) electrons. The fourth-order valence-electron chi connectivity index (χ4n) is 0.887. The van der Waals surface area contributed by atoms with Crippen LogP contribution in [0.2, 0.25) is 0 Å². The zero-order valence-corrected chi connectivity index (χ0v) is 7.01. The van der Waals surface area contributed by atoms with Crippen molar-refractivity contribution in [3.05, 3.63) is 0 Å². The molecule has 0 rings (SSSR count). The maximum absolute atomic E-state index is 8.90. The molecule has 0 spiro atoms. The van der Waals surface area contributed by atoms with Crippen LogP contribution in [0.3, 0.4) is 0 Å². The van der Waals surface area contributed by atoms with Crippen molar-refractivity contribution in [1.82, 2.24) is 0 Å². The van der Waals surface area contributed by atoms with E-state index >= 15 is 0 Å². The van der Waals surface area contributed by atoms with Gasteiger partial charge in [-0.3, -0.25) is 0 Å². The first kappa shape index (κ1) is 9.92. The molecule has 0 saturated carbocycles. The third-order valence-corrected chi connectivity index (χ3v) is 1.85. The van der Waals surface area contributed by atoms with Crippen LogP contribution in [-0.2, 0) is 0 Å². The normalized spacial score (nSPS) is 16.8. The standard InChI is InChI=1S/C8H19NO/c1-3-4-5-6-7(2)8(9)10/h7-8,10H,3-6,9H2,1-2H3. The molecule has 2 nitrogen and oxygen atoms in total. The summed E-state index contributed by atoms with van der Waals surface area (Å²) in [6.45, 7) is 4.16. The van der Waals surface area contributed by atoms with Crippen LogP contribution >= 0.6 is 0 Å². The Morgan fingerprint density at radius 2 is 2.00 bits per heavy atom. The highest BCUT2D eigenvalue weighted by Crippen LogP contribution is 2.10. The minimum atomic E-state index is -0.628. The van der Waals surface area contributed by atoms with Crippen molar-refractivity contribution < 1.29 is 5.11 Å². The highest BCUT2D eigenvalue weighted by Gasteiger charge is 2.07. The Morgan fingerprint density at radius 1 is 1.40 bits per heavy atom.